The van der Waals surface area contributed by atoms with E-state index in [-0.39, 0.29) is 10.3 Å². The number of sulfonamides is 1. The van der Waals surface area contributed by atoms with Crippen LogP contribution in [-0.2, 0) is 22.5 Å². The van der Waals surface area contributed by atoms with Gasteiger partial charge in [0, 0.05) is 24.9 Å². The molecule has 1 aromatic heterocycles. The highest BCUT2D eigenvalue weighted by atomic mass is 32.2. The molecular weight excluding hydrogens is 416 g/mol. The second-order valence-corrected chi connectivity index (χ2v) is 11.1. The SMILES string of the molecule is Cc1ccc(S(=O)(=O)NCCSc2nnc(-c3ccc(C(C)(C)C)cc3)n2C)cc1. The first-order valence-corrected chi connectivity index (χ1v) is 12.2. The molecule has 30 heavy (non-hydrogen) atoms. The Hall–Kier alpha value is -2.16. The van der Waals surface area contributed by atoms with Crippen LogP contribution in [-0.4, -0.2) is 35.5 Å². The predicted octanol–water partition coefficient (Wildman–Crippen LogP) is 4.16. The number of nitrogens with zero attached hydrogens (tertiary/aromatic N) is 3. The van der Waals surface area contributed by atoms with Crippen molar-refractivity contribution in [1.29, 1.82) is 0 Å². The van der Waals surface area contributed by atoms with E-state index in [1.54, 1.807) is 24.3 Å². The summed E-state index contributed by atoms with van der Waals surface area (Å²) in [5.74, 6) is 1.35. The number of hydrogen-bond donors (Lipinski definition) is 1. The largest absolute Gasteiger partial charge is 0.305 e. The van der Waals surface area contributed by atoms with Crippen LogP contribution >= 0.6 is 11.8 Å². The predicted molar refractivity (Wildman–Crippen MR) is 122 cm³/mol. The molecule has 0 fully saturated rings. The van der Waals surface area contributed by atoms with E-state index in [1.807, 2.05) is 18.5 Å². The molecule has 0 unspecified atom stereocenters. The number of aromatic nitrogens is 3. The molecule has 0 saturated carbocycles. The lowest BCUT2D eigenvalue weighted by molar-refractivity contribution is 0.584. The first kappa shape index (κ1) is 22.5. The number of benzene rings is 2. The summed E-state index contributed by atoms with van der Waals surface area (Å²) >= 11 is 1.47. The van der Waals surface area contributed by atoms with Gasteiger partial charge in [-0.25, -0.2) is 13.1 Å². The maximum Gasteiger partial charge on any atom is 0.240 e. The van der Waals surface area contributed by atoms with Crippen LogP contribution in [0.2, 0.25) is 0 Å². The molecule has 1 heterocycles. The third-order valence-electron chi connectivity index (χ3n) is 4.80. The Morgan fingerprint density at radius 1 is 1.00 bits per heavy atom. The van der Waals surface area contributed by atoms with Gasteiger partial charge < -0.3 is 4.57 Å². The molecule has 0 amide bonds. The van der Waals surface area contributed by atoms with Gasteiger partial charge in [0.15, 0.2) is 11.0 Å². The monoisotopic (exact) mass is 444 g/mol. The molecule has 0 atom stereocenters. The standard InChI is InChI=1S/C22H28N4O2S2/c1-16-6-12-19(13-7-16)30(27,28)23-14-15-29-21-25-24-20(26(21)5)17-8-10-18(11-9-17)22(2,3)4/h6-13,23H,14-15H2,1-5H3. The first-order valence-electron chi connectivity index (χ1n) is 9.77. The highest BCUT2D eigenvalue weighted by Gasteiger charge is 2.16. The summed E-state index contributed by atoms with van der Waals surface area (Å²) in [7, 11) is -1.58. The van der Waals surface area contributed by atoms with Gasteiger partial charge in [-0.3, -0.25) is 0 Å². The van der Waals surface area contributed by atoms with E-state index in [9.17, 15) is 8.42 Å². The highest BCUT2D eigenvalue weighted by molar-refractivity contribution is 7.99. The number of aryl methyl sites for hydroxylation is 1. The normalized spacial score (nSPS) is 12.3. The van der Waals surface area contributed by atoms with Crippen molar-refractivity contribution in [3.05, 3.63) is 59.7 Å². The summed E-state index contributed by atoms with van der Waals surface area (Å²) in [5, 5.41) is 9.33. The number of thioether (sulfide) groups is 1. The molecule has 6 nitrogen and oxygen atoms in total. The second kappa shape index (κ2) is 8.91. The van der Waals surface area contributed by atoms with E-state index in [0.717, 1.165) is 22.1 Å². The Kier molecular flexibility index (Phi) is 6.69. The minimum Gasteiger partial charge on any atom is -0.305 e. The van der Waals surface area contributed by atoms with Crippen molar-refractivity contribution in [1.82, 2.24) is 19.5 Å². The van der Waals surface area contributed by atoms with Crippen molar-refractivity contribution in [3.63, 3.8) is 0 Å². The van der Waals surface area contributed by atoms with Crippen LogP contribution in [0, 0.1) is 6.92 Å². The van der Waals surface area contributed by atoms with Gasteiger partial charge in [-0.15, -0.1) is 10.2 Å². The van der Waals surface area contributed by atoms with Crippen LogP contribution in [0.5, 0.6) is 0 Å². The lowest BCUT2D eigenvalue weighted by atomic mass is 9.87. The fourth-order valence-corrected chi connectivity index (χ4v) is 4.86. The van der Waals surface area contributed by atoms with Crippen LogP contribution in [0.1, 0.15) is 31.9 Å². The van der Waals surface area contributed by atoms with E-state index >= 15 is 0 Å². The fraction of sp³-hybridized carbons (Fsp3) is 0.364. The van der Waals surface area contributed by atoms with Crippen molar-refractivity contribution in [3.8, 4) is 11.4 Å². The van der Waals surface area contributed by atoms with E-state index in [4.69, 9.17) is 0 Å². The summed E-state index contributed by atoms with van der Waals surface area (Å²) in [5.41, 5.74) is 3.40. The van der Waals surface area contributed by atoms with Gasteiger partial charge >= 0.3 is 0 Å². The Bertz CT molecular complexity index is 1100. The average Bonchev–Trinajstić information content (AvgIpc) is 3.05. The van der Waals surface area contributed by atoms with Crippen molar-refractivity contribution in [2.45, 2.75) is 43.2 Å². The topological polar surface area (TPSA) is 76.9 Å². The van der Waals surface area contributed by atoms with Crippen molar-refractivity contribution >= 4 is 21.8 Å². The van der Waals surface area contributed by atoms with E-state index in [0.29, 0.717) is 12.3 Å². The average molecular weight is 445 g/mol. The third kappa shape index (κ3) is 5.30. The minimum absolute atomic E-state index is 0.103. The van der Waals surface area contributed by atoms with Crippen LogP contribution in [0.4, 0.5) is 0 Å². The Morgan fingerprint density at radius 2 is 1.63 bits per heavy atom. The molecule has 0 radical (unpaired) electrons. The molecule has 0 aliphatic rings. The van der Waals surface area contributed by atoms with E-state index in [2.05, 4.69) is 60.0 Å². The fourth-order valence-electron chi connectivity index (χ4n) is 2.93. The molecule has 8 heteroatoms. The molecule has 3 aromatic rings. The van der Waals surface area contributed by atoms with Crippen LogP contribution < -0.4 is 4.72 Å². The molecule has 0 saturated heterocycles. The van der Waals surface area contributed by atoms with Gasteiger partial charge in [0.2, 0.25) is 10.0 Å². The highest BCUT2D eigenvalue weighted by Crippen LogP contribution is 2.27. The molecule has 0 aliphatic heterocycles. The summed E-state index contributed by atoms with van der Waals surface area (Å²) in [6.07, 6.45) is 0. The first-order chi connectivity index (χ1) is 14.1. The van der Waals surface area contributed by atoms with E-state index < -0.39 is 10.0 Å². The molecule has 2 aromatic carbocycles. The maximum atomic E-state index is 12.4. The summed E-state index contributed by atoms with van der Waals surface area (Å²) in [4.78, 5) is 0.276. The van der Waals surface area contributed by atoms with Gasteiger partial charge in [-0.1, -0.05) is 74.5 Å². The van der Waals surface area contributed by atoms with Gasteiger partial charge in [-0.05, 0) is 30.0 Å². The number of rotatable bonds is 7. The van der Waals surface area contributed by atoms with Gasteiger partial charge in [0.25, 0.3) is 0 Å². The van der Waals surface area contributed by atoms with Crippen molar-refractivity contribution in [2.75, 3.05) is 12.3 Å². The smallest absolute Gasteiger partial charge is 0.240 e. The molecule has 0 aliphatic carbocycles. The van der Waals surface area contributed by atoms with Crippen LogP contribution in [0.25, 0.3) is 11.4 Å². The molecule has 0 bridgehead atoms. The minimum atomic E-state index is -3.50. The molecule has 1 N–H and O–H groups in total. The zero-order valence-electron chi connectivity index (χ0n) is 18.0. The van der Waals surface area contributed by atoms with Crippen LogP contribution in [0.3, 0.4) is 0 Å². The summed E-state index contributed by atoms with van der Waals surface area (Å²) in [6.45, 7) is 8.79. The lowest BCUT2D eigenvalue weighted by Gasteiger charge is -2.19. The van der Waals surface area contributed by atoms with Crippen LogP contribution in [0.15, 0.2) is 58.6 Å². The zero-order valence-corrected chi connectivity index (χ0v) is 19.6. The third-order valence-corrected chi connectivity index (χ3v) is 7.30. The summed E-state index contributed by atoms with van der Waals surface area (Å²) in [6, 6.07) is 15.2. The zero-order chi connectivity index (χ0) is 21.9. The Balaban J connectivity index is 1.60. The number of nitrogens with one attached hydrogen (secondary N) is 1. The maximum absolute atomic E-state index is 12.4. The van der Waals surface area contributed by atoms with Gasteiger partial charge in [0.05, 0.1) is 4.90 Å². The number of hydrogen-bond acceptors (Lipinski definition) is 5. The molecule has 160 valence electrons. The summed E-state index contributed by atoms with van der Waals surface area (Å²) < 4.78 is 29.3. The van der Waals surface area contributed by atoms with Gasteiger partial charge in [-0.2, -0.15) is 0 Å². The Morgan fingerprint density at radius 3 is 2.23 bits per heavy atom. The quantitative estimate of drug-likeness (QED) is 0.437. The molecular formula is C22H28N4O2S2. The lowest BCUT2D eigenvalue weighted by Crippen LogP contribution is -2.26. The Labute approximate surface area is 183 Å². The second-order valence-electron chi connectivity index (χ2n) is 8.25. The van der Waals surface area contributed by atoms with Gasteiger partial charge in [0.1, 0.15) is 0 Å². The van der Waals surface area contributed by atoms with Crippen molar-refractivity contribution in [2.24, 2.45) is 7.05 Å². The molecule has 0 spiro atoms. The molecule has 3 rings (SSSR count). The van der Waals surface area contributed by atoms with Crippen molar-refractivity contribution < 1.29 is 8.42 Å². The van der Waals surface area contributed by atoms with E-state index in [1.165, 1.54) is 17.3 Å².